The van der Waals surface area contributed by atoms with Crippen molar-refractivity contribution >= 4 is 34.0 Å². The average Bonchev–Trinajstić information content (AvgIpc) is 3.50. The molecular weight excluding hydrogens is 509 g/mol. The molecule has 3 heterocycles. The van der Waals surface area contributed by atoms with E-state index in [4.69, 9.17) is 0 Å². The molecule has 1 amide bonds. The summed E-state index contributed by atoms with van der Waals surface area (Å²) in [5.74, 6) is -0.113. The summed E-state index contributed by atoms with van der Waals surface area (Å²) in [6.07, 6.45) is 0.259. The lowest BCUT2D eigenvalue weighted by Crippen LogP contribution is -2.63. The predicted octanol–water partition coefficient (Wildman–Crippen LogP) is 2.55. The van der Waals surface area contributed by atoms with Gasteiger partial charge >= 0.3 is 6.18 Å². The molecule has 0 spiro atoms. The van der Waals surface area contributed by atoms with E-state index < -0.39 is 17.3 Å². The fourth-order valence-corrected chi connectivity index (χ4v) is 6.00. The Kier molecular flexibility index (Phi) is 7.14. The van der Waals surface area contributed by atoms with Crippen LogP contribution in [-0.4, -0.2) is 74.1 Å². The highest BCUT2D eigenvalue weighted by molar-refractivity contribution is 7.09. The van der Waals surface area contributed by atoms with Crippen molar-refractivity contribution in [1.82, 2.24) is 25.0 Å². The summed E-state index contributed by atoms with van der Waals surface area (Å²) >= 11 is 1.48. The lowest BCUT2D eigenvalue weighted by Gasteiger charge is -2.47. The number of likely N-dealkylation sites (tertiary alicyclic amines) is 1. The Morgan fingerprint density at radius 2 is 2.00 bits per heavy atom. The zero-order chi connectivity index (χ0) is 26.2. The summed E-state index contributed by atoms with van der Waals surface area (Å²) in [5, 5.41) is 33.1. The fourth-order valence-electron chi connectivity index (χ4n) is 5.21. The number of anilines is 1. The molecule has 5 rings (SSSR count). The molecule has 0 unspecified atom stereocenters. The number of hydrogen-bond donors (Lipinski definition) is 4. The summed E-state index contributed by atoms with van der Waals surface area (Å²) < 4.78 is 41.0. The second-order valence-electron chi connectivity index (χ2n) is 9.70. The first-order valence-corrected chi connectivity index (χ1v) is 13.1. The number of nitrogens with zero attached hydrogens (tertiary/aromatic N) is 4. The molecule has 200 valence electrons. The van der Waals surface area contributed by atoms with Crippen molar-refractivity contribution in [3.63, 3.8) is 0 Å². The van der Waals surface area contributed by atoms with Crippen molar-refractivity contribution in [2.45, 2.75) is 56.1 Å². The number of fused-ring (bicyclic) bond motifs is 1. The summed E-state index contributed by atoms with van der Waals surface area (Å²) in [7, 11) is 0. The van der Waals surface area contributed by atoms with Crippen molar-refractivity contribution in [3.05, 3.63) is 40.3 Å². The molecule has 37 heavy (non-hydrogen) atoms. The first-order chi connectivity index (χ1) is 17.7. The van der Waals surface area contributed by atoms with Crippen LogP contribution >= 0.6 is 11.3 Å². The average molecular weight is 539 g/mol. The van der Waals surface area contributed by atoms with Crippen LogP contribution in [0.3, 0.4) is 0 Å². The van der Waals surface area contributed by atoms with Gasteiger partial charge in [-0.2, -0.15) is 18.3 Å². The number of aliphatic hydroxyl groups excluding tert-OH is 1. The van der Waals surface area contributed by atoms with E-state index in [1.165, 1.54) is 22.1 Å². The minimum absolute atomic E-state index is 0.00500. The van der Waals surface area contributed by atoms with E-state index in [2.05, 4.69) is 25.6 Å². The van der Waals surface area contributed by atoms with Gasteiger partial charge in [0.2, 0.25) is 5.91 Å². The Bertz CT molecular complexity index is 1230. The number of carbonyl (C=O) groups is 1. The van der Waals surface area contributed by atoms with Gasteiger partial charge in [0.1, 0.15) is 10.6 Å². The van der Waals surface area contributed by atoms with Crippen LogP contribution in [0, 0.1) is 0 Å². The van der Waals surface area contributed by atoms with E-state index in [0.717, 1.165) is 43.1 Å². The lowest BCUT2D eigenvalue weighted by molar-refractivity contribution is -0.137. The number of halogens is 3. The van der Waals surface area contributed by atoms with E-state index in [-0.39, 0.29) is 42.8 Å². The van der Waals surface area contributed by atoms with Gasteiger partial charge in [-0.25, -0.2) is 4.98 Å². The predicted molar refractivity (Wildman–Crippen MR) is 132 cm³/mol. The highest BCUT2D eigenvalue weighted by atomic mass is 32.1. The molecule has 2 aliphatic rings. The molecular formula is C24H29F3N6O3S. The van der Waals surface area contributed by atoms with E-state index in [1.807, 2.05) is 5.38 Å². The van der Waals surface area contributed by atoms with Crippen molar-refractivity contribution in [2.24, 2.45) is 0 Å². The third-order valence-electron chi connectivity index (χ3n) is 7.21. The monoisotopic (exact) mass is 538 g/mol. The Hall–Kier alpha value is -2.74. The number of aromatic nitrogens is 3. The number of benzene rings is 1. The van der Waals surface area contributed by atoms with Gasteiger partial charge in [0, 0.05) is 36.1 Å². The minimum Gasteiger partial charge on any atom is -0.394 e. The minimum atomic E-state index is -4.50. The molecule has 1 aliphatic heterocycles. The second kappa shape index (κ2) is 10.2. The maximum absolute atomic E-state index is 13.2. The Labute approximate surface area is 215 Å². The van der Waals surface area contributed by atoms with Crippen LogP contribution in [0.5, 0.6) is 0 Å². The summed E-state index contributed by atoms with van der Waals surface area (Å²) in [5.41, 5.74) is -1.21. The van der Waals surface area contributed by atoms with E-state index in [1.54, 1.807) is 6.20 Å². The van der Waals surface area contributed by atoms with Crippen molar-refractivity contribution < 1.29 is 28.2 Å². The molecule has 0 radical (unpaired) electrons. The SMILES string of the molecule is O=C(CNc1nn(CCO)c2ccc(C(F)(F)F)cc12)NC1CN([C@H]2CC[C@@](O)(c3nccs3)CC2)C1. The number of amides is 1. The first-order valence-electron chi connectivity index (χ1n) is 12.2. The van der Waals surface area contributed by atoms with Gasteiger partial charge in [0.25, 0.3) is 0 Å². The van der Waals surface area contributed by atoms with Crippen molar-refractivity contribution in [1.29, 1.82) is 0 Å². The molecule has 1 saturated heterocycles. The number of nitrogens with one attached hydrogen (secondary N) is 2. The molecule has 0 atom stereocenters. The van der Waals surface area contributed by atoms with Crippen LogP contribution in [0.4, 0.5) is 19.0 Å². The van der Waals surface area contributed by atoms with Gasteiger partial charge in [0.05, 0.1) is 36.8 Å². The normalized spacial score (nSPS) is 23.2. The first kappa shape index (κ1) is 25.9. The van der Waals surface area contributed by atoms with Crippen LogP contribution in [0.1, 0.15) is 36.3 Å². The van der Waals surface area contributed by atoms with Gasteiger partial charge in [-0.3, -0.25) is 14.4 Å². The molecule has 9 nitrogen and oxygen atoms in total. The summed E-state index contributed by atoms with van der Waals surface area (Å²) in [6.45, 7) is 1.20. The summed E-state index contributed by atoms with van der Waals surface area (Å²) in [4.78, 5) is 19.1. The smallest absolute Gasteiger partial charge is 0.394 e. The molecule has 4 N–H and O–H groups in total. The number of thiazole rings is 1. The van der Waals surface area contributed by atoms with Crippen LogP contribution in [0.25, 0.3) is 10.9 Å². The van der Waals surface area contributed by atoms with Crippen molar-refractivity contribution in [3.8, 4) is 0 Å². The zero-order valence-corrected chi connectivity index (χ0v) is 20.9. The topological polar surface area (TPSA) is 116 Å². The van der Waals surface area contributed by atoms with Gasteiger partial charge in [-0.15, -0.1) is 11.3 Å². The maximum atomic E-state index is 13.2. The van der Waals surface area contributed by atoms with Gasteiger partial charge < -0.3 is 20.8 Å². The Morgan fingerprint density at radius 3 is 2.65 bits per heavy atom. The molecule has 1 aliphatic carbocycles. The van der Waals surface area contributed by atoms with Crippen LogP contribution < -0.4 is 10.6 Å². The van der Waals surface area contributed by atoms with Gasteiger partial charge in [-0.1, -0.05) is 0 Å². The van der Waals surface area contributed by atoms with E-state index in [0.29, 0.717) is 24.4 Å². The van der Waals surface area contributed by atoms with E-state index in [9.17, 15) is 28.2 Å². The van der Waals surface area contributed by atoms with Gasteiger partial charge in [-0.05, 0) is 43.9 Å². The maximum Gasteiger partial charge on any atom is 0.416 e. The molecule has 1 aromatic carbocycles. The second-order valence-corrected chi connectivity index (χ2v) is 10.6. The Morgan fingerprint density at radius 1 is 1.24 bits per heavy atom. The molecule has 1 saturated carbocycles. The van der Waals surface area contributed by atoms with E-state index >= 15 is 0 Å². The quantitative estimate of drug-likeness (QED) is 0.349. The van der Waals surface area contributed by atoms with Crippen LogP contribution in [-0.2, 0) is 23.1 Å². The largest absolute Gasteiger partial charge is 0.416 e. The van der Waals surface area contributed by atoms with Crippen molar-refractivity contribution in [2.75, 3.05) is 31.6 Å². The molecule has 2 fully saturated rings. The molecule has 3 aromatic rings. The van der Waals surface area contributed by atoms with Crippen LogP contribution in [0.15, 0.2) is 29.8 Å². The number of rotatable bonds is 8. The molecule has 0 bridgehead atoms. The number of aliphatic hydroxyl groups is 2. The standard InChI is InChI=1S/C24H29F3N6O3S/c25-24(26,27)15-1-2-19-18(11-15)21(31-33(19)8-9-34)29-12-20(35)30-16-13-32(14-16)17-3-5-23(36,6-4-17)22-28-7-10-37-22/h1-2,7,10-11,16-17,34,36H,3-6,8-9,12-14H2,(H,29,31)(H,30,35)/t17-,23-. The zero-order valence-electron chi connectivity index (χ0n) is 20.0. The number of alkyl halides is 3. The lowest BCUT2D eigenvalue weighted by atomic mass is 9.81. The molecule has 13 heteroatoms. The highest BCUT2D eigenvalue weighted by Crippen LogP contribution is 2.40. The third-order valence-corrected chi connectivity index (χ3v) is 8.18. The fraction of sp³-hybridized carbons (Fsp3) is 0.542. The highest BCUT2D eigenvalue weighted by Gasteiger charge is 2.41. The third kappa shape index (κ3) is 5.44. The Balaban J connectivity index is 1.12. The van der Waals surface area contributed by atoms with Gasteiger partial charge in [0.15, 0.2) is 5.82 Å². The van der Waals surface area contributed by atoms with Crippen LogP contribution in [0.2, 0.25) is 0 Å². The molecule has 2 aromatic heterocycles. The number of carbonyl (C=O) groups excluding carboxylic acids is 1. The summed E-state index contributed by atoms with van der Waals surface area (Å²) in [6, 6.07) is 3.64. The number of hydrogen-bond acceptors (Lipinski definition) is 8.